The van der Waals surface area contributed by atoms with Crippen LogP contribution >= 0.6 is 11.6 Å². The maximum Gasteiger partial charge on any atom is 0.137 e. The van der Waals surface area contributed by atoms with Gasteiger partial charge in [-0.2, -0.15) is 0 Å². The van der Waals surface area contributed by atoms with Gasteiger partial charge in [-0.3, -0.25) is 0 Å². The second kappa shape index (κ2) is 7.19. The molecule has 1 aliphatic carbocycles. The van der Waals surface area contributed by atoms with Gasteiger partial charge in [0.2, 0.25) is 0 Å². The molecule has 0 unspecified atom stereocenters. The molecule has 2 aliphatic heterocycles. The van der Waals surface area contributed by atoms with Crippen LogP contribution in [0.3, 0.4) is 0 Å². The Hall–Kier alpha value is -1.43. The highest BCUT2D eigenvalue weighted by Crippen LogP contribution is 2.40. The van der Waals surface area contributed by atoms with E-state index in [0.29, 0.717) is 11.5 Å². The van der Waals surface area contributed by atoms with Gasteiger partial charge in [-0.25, -0.2) is 9.97 Å². The van der Waals surface area contributed by atoms with E-state index in [-0.39, 0.29) is 0 Å². The van der Waals surface area contributed by atoms with Crippen LogP contribution in [-0.2, 0) is 4.74 Å². The van der Waals surface area contributed by atoms with E-state index in [4.69, 9.17) is 16.3 Å². The highest BCUT2D eigenvalue weighted by molar-refractivity contribution is 6.31. The average molecular weight is 387 g/mol. The Morgan fingerprint density at radius 3 is 2.56 bits per heavy atom. The van der Waals surface area contributed by atoms with Crippen molar-refractivity contribution in [2.75, 3.05) is 31.6 Å². The lowest BCUT2D eigenvalue weighted by molar-refractivity contribution is -0.143. The van der Waals surface area contributed by atoms with Crippen molar-refractivity contribution < 1.29 is 4.74 Å². The van der Waals surface area contributed by atoms with Crippen molar-refractivity contribution in [3.05, 3.63) is 29.5 Å². The Labute approximate surface area is 165 Å². The van der Waals surface area contributed by atoms with Gasteiger partial charge in [0.25, 0.3) is 0 Å². The van der Waals surface area contributed by atoms with Crippen LogP contribution in [0.25, 0.3) is 10.9 Å². The standard InChI is InChI=1S/C21H27ClN4O/c22-15-1-6-19-18(11-15)20(24-14-23-19)25-16-2-4-17(5-3-16)26-9-7-21(8-10-26)12-27-13-21/h1,6,11,14,16-17H,2-5,7-10,12-13H2,(H,23,24,25)/t16-,17-. The van der Waals surface area contributed by atoms with Crippen molar-refractivity contribution in [3.63, 3.8) is 0 Å². The maximum atomic E-state index is 6.18. The first-order valence-electron chi connectivity index (χ1n) is 10.2. The van der Waals surface area contributed by atoms with Crippen LogP contribution in [0.2, 0.25) is 5.02 Å². The molecular weight excluding hydrogens is 360 g/mol. The maximum absolute atomic E-state index is 6.18. The number of nitrogens with zero attached hydrogens (tertiary/aromatic N) is 3. The van der Waals surface area contributed by atoms with Gasteiger partial charge in [-0.05, 0) is 69.8 Å². The molecule has 2 aromatic rings. The molecule has 3 fully saturated rings. The quantitative estimate of drug-likeness (QED) is 0.859. The summed E-state index contributed by atoms with van der Waals surface area (Å²) in [6, 6.07) is 7.02. The lowest BCUT2D eigenvalue weighted by Crippen LogP contribution is -2.53. The van der Waals surface area contributed by atoms with E-state index in [2.05, 4.69) is 20.2 Å². The van der Waals surface area contributed by atoms with E-state index in [1.54, 1.807) is 6.33 Å². The topological polar surface area (TPSA) is 50.3 Å². The summed E-state index contributed by atoms with van der Waals surface area (Å²) in [7, 11) is 0. The largest absolute Gasteiger partial charge is 0.380 e. The number of anilines is 1. The zero-order chi connectivity index (χ0) is 18.3. The molecule has 27 heavy (non-hydrogen) atoms. The number of ether oxygens (including phenoxy) is 1. The minimum absolute atomic E-state index is 0.481. The second-order valence-electron chi connectivity index (χ2n) is 8.56. The van der Waals surface area contributed by atoms with E-state index >= 15 is 0 Å². The van der Waals surface area contributed by atoms with Gasteiger partial charge in [-0.1, -0.05) is 11.6 Å². The Morgan fingerprint density at radius 1 is 1.07 bits per heavy atom. The molecule has 5 nitrogen and oxygen atoms in total. The lowest BCUT2D eigenvalue weighted by Gasteiger charge is -2.49. The predicted octanol–water partition coefficient (Wildman–Crippen LogP) is 4.12. The number of hydrogen-bond acceptors (Lipinski definition) is 5. The number of likely N-dealkylation sites (tertiary alicyclic amines) is 1. The molecular formula is C21H27ClN4O. The van der Waals surface area contributed by atoms with Crippen molar-refractivity contribution in [2.24, 2.45) is 5.41 Å². The van der Waals surface area contributed by atoms with Crippen LogP contribution in [0, 0.1) is 5.41 Å². The third-order valence-electron chi connectivity index (χ3n) is 6.83. The first-order chi connectivity index (χ1) is 13.2. The third-order valence-corrected chi connectivity index (χ3v) is 7.06. The van der Waals surface area contributed by atoms with Crippen LogP contribution in [0.15, 0.2) is 24.5 Å². The van der Waals surface area contributed by atoms with Crippen molar-refractivity contribution in [1.82, 2.24) is 14.9 Å². The van der Waals surface area contributed by atoms with Crippen molar-refractivity contribution >= 4 is 28.3 Å². The summed E-state index contributed by atoms with van der Waals surface area (Å²) in [5, 5.41) is 5.40. The van der Waals surface area contributed by atoms with Crippen LogP contribution in [0.1, 0.15) is 38.5 Å². The molecule has 0 atom stereocenters. The molecule has 1 N–H and O–H groups in total. The number of rotatable bonds is 3. The molecule has 0 amide bonds. The summed E-state index contributed by atoms with van der Waals surface area (Å²) < 4.78 is 5.46. The van der Waals surface area contributed by atoms with Crippen molar-refractivity contribution in [2.45, 2.75) is 50.6 Å². The van der Waals surface area contributed by atoms with Gasteiger partial charge in [0, 0.05) is 27.9 Å². The molecule has 1 aromatic carbocycles. The molecule has 1 aromatic heterocycles. The van der Waals surface area contributed by atoms with Crippen molar-refractivity contribution in [1.29, 1.82) is 0 Å². The molecule has 2 saturated heterocycles. The molecule has 3 aliphatic rings. The highest BCUT2D eigenvalue weighted by Gasteiger charge is 2.42. The Bertz CT molecular complexity index is 807. The highest BCUT2D eigenvalue weighted by atomic mass is 35.5. The van der Waals surface area contributed by atoms with Crippen LogP contribution < -0.4 is 5.32 Å². The molecule has 1 saturated carbocycles. The summed E-state index contributed by atoms with van der Waals surface area (Å²) in [5.74, 6) is 0.913. The van der Waals surface area contributed by atoms with Crippen LogP contribution in [-0.4, -0.2) is 53.3 Å². The van der Waals surface area contributed by atoms with Gasteiger partial charge in [-0.15, -0.1) is 0 Å². The van der Waals surface area contributed by atoms with E-state index in [1.165, 1.54) is 51.6 Å². The predicted molar refractivity (Wildman–Crippen MR) is 108 cm³/mol. The summed E-state index contributed by atoms with van der Waals surface area (Å²) in [4.78, 5) is 11.6. The van der Waals surface area contributed by atoms with E-state index in [9.17, 15) is 0 Å². The van der Waals surface area contributed by atoms with Crippen molar-refractivity contribution in [3.8, 4) is 0 Å². The van der Waals surface area contributed by atoms with E-state index in [1.807, 2.05) is 18.2 Å². The normalized spacial score (nSPS) is 28.2. The van der Waals surface area contributed by atoms with Gasteiger partial charge in [0.1, 0.15) is 12.1 Å². The average Bonchev–Trinajstić information content (AvgIpc) is 2.68. The summed E-state index contributed by atoms with van der Waals surface area (Å²) in [5.41, 5.74) is 1.47. The monoisotopic (exact) mass is 386 g/mol. The smallest absolute Gasteiger partial charge is 0.137 e. The van der Waals surface area contributed by atoms with Gasteiger partial charge >= 0.3 is 0 Å². The molecule has 6 heteroatoms. The number of fused-ring (bicyclic) bond motifs is 1. The summed E-state index contributed by atoms with van der Waals surface area (Å²) in [6.45, 7) is 4.49. The second-order valence-corrected chi connectivity index (χ2v) is 9.00. The van der Waals surface area contributed by atoms with Gasteiger partial charge in [0.05, 0.1) is 18.7 Å². The first-order valence-corrected chi connectivity index (χ1v) is 10.6. The zero-order valence-corrected chi connectivity index (χ0v) is 16.4. The number of halogens is 1. The SMILES string of the molecule is Clc1ccc2ncnc(N[C@H]3CC[C@H](N4CCC5(CC4)COC5)CC3)c2c1. The Balaban J connectivity index is 1.19. The fourth-order valence-electron chi connectivity index (χ4n) is 4.97. The number of nitrogens with one attached hydrogen (secondary N) is 1. The Kier molecular flexibility index (Phi) is 4.70. The molecule has 1 spiro atoms. The van der Waals surface area contributed by atoms with Crippen LogP contribution in [0.4, 0.5) is 5.82 Å². The first kappa shape index (κ1) is 17.7. The fourth-order valence-corrected chi connectivity index (χ4v) is 5.14. The molecule has 144 valence electrons. The number of benzene rings is 1. The number of piperidine rings is 1. The lowest BCUT2D eigenvalue weighted by atomic mass is 9.76. The molecule has 5 rings (SSSR count). The van der Waals surface area contributed by atoms with E-state index in [0.717, 1.165) is 41.0 Å². The minimum Gasteiger partial charge on any atom is -0.380 e. The minimum atomic E-state index is 0.481. The third kappa shape index (κ3) is 3.53. The molecule has 3 heterocycles. The fraction of sp³-hybridized carbons (Fsp3) is 0.619. The van der Waals surface area contributed by atoms with Crippen LogP contribution in [0.5, 0.6) is 0 Å². The van der Waals surface area contributed by atoms with Gasteiger partial charge in [0.15, 0.2) is 0 Å². The van der Waals surface area contributed by atoms with Gasteiger partial charge < -0.3 is 15.0 Å². The van der Waals surface area contributed by atoms with E-state index < -0.39 is 0 Å². The summed E-state index contributed by atoms with van der Waals surface area (Å²) >= 11 is 6.18. The number of hydrogen-bond donors (Lipinski definition) is 1. The Morgan fingerprint density at radius 2 is 1.85 bits per heavy atom. The zero-order valence-electron chi connectivity index (χ0n) is 15.7. The summed E-state index contributed by atoms with van der Waals surface area (Å²) in [6.07, 6.45) is 9.20. The molecule has 0 bridgehead atoms. The number of aromatic nitrogens is 2. The molecule has 0 radical (unpaired) electrons.